The second-order valence-electron chi connectivity index (χ2n) is 2.43. The summed E-state index contributed by atoms with van der Waals surface area (Å²) in [6, 6.07) is 3.12. The molecule has 0 amide bonds. The normalized spacial score (nSPS) is 7.93. The summed E-state index contributed by atoms with van der Waals surface area (Å²) in [5.74, 6) is 5.22. The fourth-order valence-corrected chi connectivity index (χ4v) is 0.848. The number of azide groups is 1. The average Bonchev–Trinajstić information content (AvgIpc) is 2.26. The number of aromatic amines is 1. The minimum absolute atomic E-state index is 0.00517. The monoisotopic (exact) mass is 199 g/mol. The van der Waals surface area contributed by atoms with Crippen LogP contribution in [0.25, 0.3) is 10.4 Å². The van der Waals surface area contributed by atoms with E-state index in [1.54, 1.807) is 6.07 Å². The highest BCUT2D eigenvalue weighted by Crippen LogP contribution is 1.94. The highest BCUT2D eigenvalue weighted by molar-refractivity contribution is 5.38. The third-order valence-electron chi connectivity index (χ3n) is 1.47. The van der Waals surface area contributed by atoms with Crippen molar-refractivity contribution < 1.29 is 0 Å². The van der Waals surface area contributed by atoms with Gasteiger partial charge in [-0.25, -0.2) is 0 Å². The van der Waals surface area contributed by atoms with E-state index in [1.807, 2.05) is 0 Å². The number of rotatable bonds is 1. The fourth-order valence-electron chi connectivity index (χ4n) is 0.848. The molecule has 0 saturated carbocycles. The second-order valence-corrected chi connectivity index (χ2v) is 2.43. The van der Waals surface area contributed by atoms with Crippen LogP contribution in [0.1, 0.15) is 11.1 Å². The van der Waals surface area contributed by atoms with Crippen LogP contribution < -0.4 is 5.56 Å². The quantitative estimate of drug-likeness (QED) is 0.314. The van der Waals surface area contributed by atoms with Crippen LogP contribution in [0.2, 0.25) is 0 Å². The molecule has 0 atom stereocenters. The summed E-state index contributed by atoms with van der Waals surface area (Å²) in [7, 11) is 0. The Hall–Kier alpha value is -2.69. The summed E-state index contributed by atoms with van der Waals surface area (Å²) in [4.78, 5) is 15.9. The van der Waals surface area contributed by atoms with Gasteiger partial charge in [-0.05, 0) is 11.6 Å². The fraction of sp³-hybridized carbons (Fsp3) is 0.111. The largest absolute Gasteiger partial charge is 0.327 e. The first-order chi connectivity index (χ1) is 7.27. The maximum absolute atomic E-state index is 11.0. The van der Waals surface area contributed by atoms with Gasteiger partial charge in [-0.15, -0.1) is 0 Å². The van der Waals surface area contributed by atoms with Crippen molar-refractivity contribution in [1.82, 2.24) is 4.98 Å². The number of nitrogens with zero attached hydrogens (tertiary/aromatic N) is 4. The predicted octanol–water partition coefficient (Wildman–Crippen LogP) is 0.908. The van der Waals surface area contributed by atoms with Crippen molar-refractivity contribution in [3.05, 3.63) is 44.2 Å². The van der Waals surface area contributed by atoms with Crippen LogP contribution in [-0.4, -0.2) is 11.5 Å². The number of aromatic nitrogens is 1. The molecule has 0 aliphatic carbocycles. The molecule has 72 valence electrons. The summed E-state index contributed by atoms with van der Waals surface area (Å²) in [6.45, 7) is 0.0531. The molecule has 6 heteroatoms. The van der Waals surface area contributed by atoms with Crippen molar-refractivity contribution in [2.24, 2.45) is 5.11 Å². The van der Waals surface area contributed by atoms with Gasteiger partial charge < -0.3 is 4.98 Å². The van der Waals surface area contributed by atoms with Crippen molar-refractivity contribution in [3.63, 3.8) is 0 Å². The number of nitriles is 1. The first-order valence-corrected chi connectivity index (χ1v) is 3.90. The van der Waals surface area contributed by atoms with Gasteiger partial charge in [-0.2, -0.15) is 5.26 Å². The van der Waals surface area contributed by atoms with Crippen molar-refractivity contribution in [2.75, 3.05) is 6.54 Å². The molecule has 1 heterocycles. The minimum atomic E-state index is -0.446. The van der Waals surface area contributed by atoms with Crippen molar-refractivity contribution in [1.29, 1.82) is 5.26 Å². The second kappa shape index (κ2) is 5.13. The average molecular weight is 199 g/mol. The number of hydrogen-bond acceptors (Lipinski definition) is 3. The molecule has 0 aliphatic rings. The molecule has 0 radical (unpaired) electrons. The molecule has 0 aliphatic heterocycles. The smallest absolute Gasteiger partial charge is 0.265 e. The summed E-state index contributed by atoms with van der Waals surface area (Å²) >= 11 is 0. The summed E-state index contributed by atoms with van der Waals surface area (Å²) in [5, 5.41) is 11.8. The molecule has 0 unspecified atom stereocenters. The number of nitrogens with one attached hydrogen (secondary N) is 1. The molecule has 1 aromatic heterocycles. The number of pyridine rings is 1. The summed E-state index contributed by atoms with van der Waals surface area (Å²) < 4.78 is 0. The van der Waals surface area contributed by atoms with Crippen LogP contribution in [-0.2, 0) is 0 Å². The Kier molecular flexibility index (Phi) is 3.55. The summed E-state index contributed by atoms with van der Waals surface area (Å²) in [6.07, 6.45) is 1.40. The number of hydrogen-bond donors (Lipinski definition) is 1. The van der Waals surface area contributed by atoms with E-state index in [4.69, 9.17) is 10.8 Å². The van der Waals surface area contributed by atoms with Gasteiger partial charge in [0.1, 0.15) is 11.6 Å². The molecule has 0 aromatic carbocycles. The van der Waals surface area contributed by atoms with E-state index < -0.39 is 5.56 Å². The number of H-pyrrole nitrogens is 1. The van der Waals surface area contributed by atoms with E-state index in [1.165, 1.54) is 12.3 Å². The molecule has 6 nitrogen and oxygen atoms in total. The van der Waals surface area contributed by atoms with E-state index in [0.717, 1.165) is 0 Å². The zero-order valence-corrected chi connectivity index (χ0v) is 7.56. The lowest BCUT2D eigenvalue weighted by Gasteiger charge is -1.89. The molecule has 0 spiro atoms. The van der Waals surface area contributed by atoms with Crippen LogP contribution in [0.5, 0.6) is 0 Å². The van der Waals surface area contributed by atoms with Gasteiger partial charge in [0.2, 0.25) is 0 Å². The molecule has 1 N–H and O–H groups in total. The maximum atomic E-state index is 11.0. The van der Waals surface area contributed by atoms with Gasteiger partial charge in [0, 0.05) is 16.7 Å². The van der Waals surface area contributed by atoms with Gasteiger partial charge in [-0.1, -0.05) is 17.0 Å². The van der Waals surface area contributed by atoms with Crippen LogP contribution >= 0.6 is 0 Å². The Balaban J connectivity index is 2.96. The third kappa shape index (κ3) is 2.92. The van der Waals surface area contributed by atoms with Crippen molar-refractivity contribution in [3.8, 4) is 17.9 Å². The Bertz CT molecular complexity index is 563. The molecule has 1 rings (SSSR count). The maximum Gasteiger partial charge on any atom is 0.265 e. The lowest BCUT2D eigenvalue weighted by Crippen LogP contribution is -2.09. The lowest BCUT2D eigenvalue weighted by atomic mass is 10.2. The van der Waals surface area contributed by atoms with Gasteiger partial charge in [-0.3, -0.25) is 4.79 Å². The Labute approximate surface area is 84.8 Å². The van der Waals surface area contributed by atoms with E-state index in [9.17, 15) is 4.79 Å². The first kappa shape index (κ1) is 10.4. The van der Waals surface area contributed by atoms with Crippen LogP contribution in [0.4, 0.5) is 0 Å². The molecule has 15 heavy (non-hydrogen) atoms. The third-order valence-corrected chi connectivity index (χ3v) is 1.47. The summed E-state index contributed by atoms with van der Waals surface area (Å²) in [5.41, 5.74) is 8.04. The molecule has 0 bridgehead atoms. The Morgan fingerprint density at radius 3 is 3.13 bits per heavy atom. The van der Waals surface area contributed by atoms with E-state index in [-0.39, 0.29) is 12.1 Å². The minimum Gasteiger partial charge on any atom is -0.327 e. The topological polar surface area (TPSA) is 105 Å². The zero-order valence-electron chi connectivity index (χ0n) is 7.56. The Morgan fingerprint density at radius 1 is 1.67 bits per heavy atom. The SMILES string of the molecule is N#Cc1cc(C#CCN=[N+]=[N-])c[nH]c1=O. The molecule has 0 saturated heterocycles. The molecular weight excluding hydrogens is 194 g/mol. The highest BCUT2D eigenvalue weighted by Gasteiger charge is 1.97. The van der Waals surface area contributed by atoms with Crippen molar-refractivity contribution >= 4 is 0 Å². The van der Waals surface area contributed by atoms with Gasteiger partial charge in [0.15, 0.2) is 0 Å². The van der Waals surface area contributed by atoms with E-state index in [2.05, 4.69) is 26.9 Å². The molecule has 0 fully saturated rings. The van der Waals surface area contributed by atoms with Crippen LogP contribution in [0.15, 0.2) is 22.2 Å². The van der Waals surface area contributed by atoms with Gasteiger partial charge in [0.25, 0.3) is 5.56 Å². The van der Waals surface area contributed by atoms with Crippen molar-refractivity contribution in [2.45, 2.75) is 0 Å². The van der Waals surface area contributed by atoms with Gasteiger partial charge >= 0.3 is 0 Å². The predicted molar refractivity (Wildman–Crippen MR) is 52.7 cm³/mol. The van der Waals surface area contributed by atoms with Crippen LogP contribution in [0.3, 0.4) is 0 Å². The van der Waals surface area contributed by atoms with E-state index >= 15 is 0 Å². The van der Waals surface area contributed by atoms with Crippen LogP contribution in [0, 0.1) is 23.2 Å². The lowest BCUT2D eigenvalue weighted by molar-refractivity contribution is 1.20. The van der Waals surface area contributed by atoms with Gasteiger partial charge in [0.05, 0.1) is 6.54 Å². The molecule has 1 aromatic rings. The first-order valence-electron chi connectivity index (χ1n) is 3.90. The standard InChI is InChI=1S/C9H5N5O/c10-5-8-4-7(6-12-9(8)15)2-1-3-13-14-11/h4,6H,3H2,(H,12,15). The molecular formula is C9H5N5O. The Morgan fingerprint density at radius 2 is 2.47 bits per heavy atom. The zero-order chi connectivity index (χ0) is 11.1. The highest BCUT2D eigenvalue weighted by atomic mass is 16.1. The van der Waals surface area contributed by atoms with E-state index in [0.29, 0.717) is 5.56 Å².